The monoisotopic (exact) mass is 409 g/mol. The van der Waals surface area contributed by atoms with E-state index in [4.69, 9.17) is 5.10 Å². The Kier molecular flexibility index (Phi) is 5.30. The largest absolute Gasteiger partial charge is 0.369 e. The second kappa shape index (κ2) is 7.89. The summed E-state index contributed by atoms with van der Waals surface area (Å²) in [6.45, 7) is 4.79. The SMILES string of the molecule is Cl.Cn1nc(CN2CCN(c3ccccc3)CC2)c2c3ccccc3c(=O)[nH]c21. The highest BCUT2D eigenvalue weighted by Crippen LogP contribution is 2.25. The number of nitrogens with one attached hydrogen (secondary N) is 1. The normalized spacial score (nSPS) is 15.0. The van der Waals surface area contributed by atoms with Gasteiger partial charge in [0.1, 0.15) is 5.65 Å². The summed E-state index contributed by atoms with van der Waals surface area (Å²) in [5.41, 5.74) is 3.04. The smallest absolute Gasteiger partial charge is 0.257 e. The molecule has 1 saturated heterocycles. The molecule has 1 N–H and O–H groups in total. The molecule has 0 atom stereocenters. The third-order valence-electron chi connectivity index (χ3n) is 5.66. The number of pyridine rings is 1. The Morgan fingerprint density at radius 1 is 0.931 bits per heavy atom. The molecule has 1 fully saturated rings. The van der Waals surface area contributed by atoms with E-state index in [1.54, 1.807) is 4.68 Å². The number of benzene rings is 2. The lowest BCUT2D eigenvalue weighted by Crippen LogP contribution is -2.46. The molecule has 0 saturated carbocycles. The number of fused-ring (bicyclic) bond motifs is 3. The zero-order valence-corrected chi connectivity index (χ0v) is 17.2. The highest BCUT2D eigenvalue weighted by Gasteiger charge is 2.21. The van der Waals surface area contributed by atoms with Gasteiger partial charge in [-0.25, -0.2) is 0 Å². The molecule has 6 nitrogen and oxygen atoms in total. The second-order valence-corrected chi connectivity index (χ2v) is 7.39. The van der Waals surface area contributed by atoms with Gasteiger partial charge in [-0.05, 0) is 18.2 Å². The van der Waals surface area contributed by atoms with Crippen molar-refractivity contribution >= 4 is 39.9 Å². The maximum absolute atomic E-state index is 12.4. The lowest BCUT2D eigenvalue weighted by molar-refractivity contribution is 0.247. The lowest BCUT2D eigenvalue weighted by atomic mass is 10.1. The molecule has 150 valence electrons. The van der Waals surface area contributed by atoms with E-state index in [1.165, 1.54) is 5.69 Å². The summed E-state index contributed by atoms with van der Waals surface area (Å²) in [6, 6.07) is 18.4. The highest BCUT2D eigenvalue weighted by atomic mass is 35.5. The Labute approximate surface area is 175 Å². The summed E-state index contributed by atoms with van der Waals surface area (Å²) in [5.74, 6) is 0. The van der Waals surface area contributed by atoms with Crippen LogP contribution in [0.3, 0.4) is 0 Å². The van der Waals surface area contributed by atoms with Gasteiger partial charge in [-0.1, -0.05) is 36.4 Å². The number of aryl methyl sites for hydroxylation is 1. The van der Waals surface area contributed by atoms with Crippen molar-refractivity contribution in [3.05, 3.63) is 70.6 Å². The van der Waals surface area contributed by atoms with Crippen LogP contribution in [0.5, 0.6) is 0 Å². The number of nitrogens with zero attached hydrogens (tertiary/aromatic N) is 4. The third-order valence-corrected chi connectivity index (χ3v) is 5.66. The summed E-state index contributed by atoms with van der Waals surface area (Å²) in [6.07, 6.45) is 0. The first-order valence-corrected chi connectivity index (χ1v) is 9.69. The molecule has 29 heavy (non-hydrogen) atoms. The summed E-state index contributed by atoms with van der Waals surface area (Å²) >= 11 is 0. The molecule has 1 aliphatic heterocycles. The van der Waals surface area contributed by atoms with Crippen LogP contribution >= 0.6 is 12.4 Å². The molecule has 1 aliphatic rings. The van der Waals surface area contributed by atoms with Gasteiger partial charge in [-0.2, -0.15) is 5.10 Å². The predicted molar refractivity (Wildman–Crippen MR) is 120 cm³/mol. The van der Waals surface area contributed by atoms with E-state index in [1.807, 2.05) is 31.3 Å². The number of hydrogen-bond donors (Lipinski definition) is 1. The Morgan fingerprint density at radius 3 is 2.31 bits per heavy atom. The van der Waals surface area contributed by atoms with Gasteiger partial charge >= 0.3 is 0 Å². The van der Waals surface area contributed by atoms with Crippen LogP contribution in [-0.4, -0.2) is 45.8 Å². The maximum Gasteiger partial charge on any atom is 0.257 e. The van der Waals surface area contributed by atoms with Crippen LogP contribution in [0.2, 0.25) is 0 Å². The zero-order valence-electron chi connectivity index (χ0n) is 16.3. The molecule has 4 aromatic rings. The lowest BCUT2D eigenvalue weighted by Gasteiger charge is -2.35. The molecule has 7 heteroatoms. The first kappa shape index (κ1) is 19.5. The topological polar surface area (TPSA) is 57.2 Å². The van der Waals surface area contributed by atoms with Gasteiger partial charge in [0.05, 0.1) is 5.69 Å². The number of piperazine rings is 1. The van der Waals surface area contributed by atoms with E-state index in [0.29, 0.717) is 0 Å². The average molecular weight is 410 g/mol. The van der Waals surface area contributed by atoms with Crippen molar-refractivity contribution in [2.75, 3.05) is 31.1 Å². The third kappa shape index (κ3) is 3.50. The molecule has 0 spiro atoms. The number of H-pyrrole nitrogens is 1. The molecule has 0 aliphatic carbocycles. The number of rotatable bonds is 3. The number of aromatic amines is 1. The van der Waals surface area contributed by atoms with Gasteiger partial charge in [0.15, 0.2) is 0 Å². The highest BCUT2D eigenvalue weighted by molar-refractivity contribution is 6.05. The molecule has 0 amide bonds. The predicted octanol–water partition coefficient (Wildman–Crippen LogP) is 3.16. The van der Waals surface area contributed by atoms with E-state index < -0.39 is 0 Å². The van der Waals surface area contributed by atoms with Crippen molar-refractivity contribution in [3.8, 4) is 0 Å². The molecular weight excluding hydrogens is 386 g/mol. The van der Waals surface area contributed by atoms with Gasteiger partial charge in [-0.15, -0.1) is 12.4 Å². The van der Waals surface area contributed by atoms with Crippen molar-refractivity contribution in [1.29, 1.82) is 0 Å². The number of anilines is 1. The Morgan fingerprint density at radius 2 is 1.59 bits per heavy atom. The molecule has 3 heterocycles. The van der Waals surface area contributed by atoms with Crippen LogP contribution in [0.4, 0.5) is 5.69 Å². The molecular formula is C22H24ClN5O. The summed E-state index contributed by atoms with van der Waals surface area (Å²) in [7, 11) is 1.89. The van der Waals surface area contributed by atoms with Gasteiger partial charge in [-0.3, -0.25) is 14.4 Å². The summed E-state index contributed by atoms with van der Waals surface area (Å²) < 4.78 is 1.79. The standard InChI is InChI=1S/C22H23N5O.ClH/c1-25-21-20(17-9-5-6-10-18(17)22(28)23-21)19(24-25)15-26-11-13-27(14-12-26)16-7-3-2-4-8-16;/h2-10H,11-15H2,1H3,(H,23,28);1H. The molecule has 5 rings (SSSR count). The van der Waals surface area contributed by atoms with Crippen molar-refractivity contribution in [1.82, 2.24) is 19.7 Å². The molecule has 0 unspecified atom stereocenters. The molecule has 0 bridgehead atoms. The van der Waals surface area contributed by atoms with Crippen LogP contribution in [-0.2, 0) is 13.6 Å². The van der Waals surface area contributed by atoms with Crippen LogP contribution in [0.15, 0.2) is 59.4 Å². The quantitative estimate of drug-likeness (QED) is 0.564. The van der Waals surface area contributed by atoms with E-state index in [2.05, 4.69) is 45.1 Å². The van der Waals surface area contributed by atoms with Crippen LogP contribution < -0.4 is 10.5 Å². The Hall–Kier alpha value is -2.83. The van der Waals surface area contributed by atoms with Crippen molar-refractivity contribution in [2.45, 2.75) is 6.54 Å². The average Bonchev–Trinajstić information content (AvgIpc) is 3.04. The second-order valence-electron chi connectivity index (χ2n) is 7.39. The fourth-order valence-corrected chi connectivity index (χ4v) is 4.21. The number of aromatic nitrogens is 3. The van der Waals surface area contributed by atoms with Gasteiger partial charge < -0.3 is 9.88 Å². The van der Waals surface area contributed by atoms with Crippen molar-refractivity contribution in [3.63, 3.8) is 0 Å². The first-order chi connectivity index (χ1) is 13.7. The van der Waals surface area contributed by atoms with Crippen LogP contribution in [0, 0.1) is 0 Å². The minimum Gasteiger partial charge on any atom is -0.369 e. The van der Waals surface area contributed by atoms with E-state index in [0.717, 1.165) is 60.2 Å². The Bertz CT molecular complexity index is 1190. The van der Waals surface area contributed by atoms with Crippen molar-refractivity contribution in [2.24, 2.45) is 7.05 Å². The fraction of sp³-hybridized carbons (Fsp3) is 0.273. The first-order valence-electron chi connectivity index (χ1n) is 9.69. The van der Waals surface area contributed by atoms with Crippen molar-refractivity contribution < 1.29 is 0 Å². The number of hydrogen-bond acceptors (Lipinski definition) is 4. The maximum atomic E-state index is 12.4. The minimum atomic E-state index is -0.0610. The van der Waals surface area contributed by atoms with Crippen LogP contribution in [0.1, 0.15) is 5.69 Å². The minimum absolute atomic E-state index is 0. The van der Waals surface area contributed by atoms with Crippen LogP contribution in [0.25, 0.3) is 21.8 Å². The summed E-state index contributed by atoms with van der Waals surface area (Å²) in [4.78, 5) is 20.3. The molecule has 0 radical (unpaired) electrons. The Balaban J connectivity index is 0.00000205. The zero-order chi connectivity index (χ0) is 19.1. The van der Waals surface area contributed by atoms with E-state index in [9.17, 15) is 4.79 Å². The molecule has 2 aromatic carbocycles. The van der Waals surface area contributed by atoms with E-state index >= 15 is 0 Å². The number of para-hydroxylation sites is 1. The van der Waals surface area contributed by atoms with E-state index in [-0.39, 0.29) is 18.0 Å². The number of halogens is 1. The van der Waals surface area contributed by atoms with Gasteiger partial charge in [0.2, 0.25) is 0 Å². The van der Waals surface area contributed by atoms with Gasteiger partial charge in [0.25, 0.3) is 5.56 Å². The molecule has 2 aromatic heterocycles. The van der Waals surface area contributed by atoms with Gasteiger partial charge in [0, 0.05) is 61.6 Å². The summed E-state index contributed by atoms with van der Waals surface area (Å²) in [5, 5.41) is 7.50. The fourth-order valence-electron chi connectivity index (χ4n) is 4.21.